The summed E-state index contributed by atoms with van der Waals surface area (Å²) in [7, 11) is 0. The molecule has 0 radical (unpaired) electrons. The third-order valence-electron chi connectivity index (χ3n) is 7.84. The van der Waals surface area contributed by atoms with Crippen molar-refractivity contribution >= 4 is 16.8 Å². The normalized spacial score (nSPS) is 17.9. The Balaban J connectivity index is 1.45. The summed E-state index contributed by atoms with van der Waals surface area (Å²) >= 11 is 0. The molecule has 0 unspecified atom stereocenters. The number of aliphatic hydroxyl groups is 1. The smallest absolute Gasteiger partial charge is 0.115 e. The Morgan fingerprint density at radius 3 is 1.94 bits per heavy atom. The molecule has 3 aromatic rings. The highest BCUT2D eigenvalue weighted by molar-refractivity contribution is 5.98. The van der Waals surface area contributed by atoms with Crippen molar-refractivity contribution in [3.05, 3.63) is 95.6 Å². The number of piperazine rings is 1. The van der Waals surface area contributed by atoms with Crippen LogP contribution in [0.15, 0.2) is 78.9 Å². The van der Waals surface area contributed by atoms with Gasteiger partial charge in [-0.2, -0.15) is 0 Å². The molecule has 2 aliphatic rings. The lowest BCUT2D eigenvalue weighted by molar-refractivity contribution is 0.187. The summed E-state index contributed by atoms with van der Waals surface area (Å²) in [6.07, 6.45) is 7.03. The summed E-state index contributed by atoms with van der Waals surface area (Å²) in [5, 5.41) is 19.5. The fourth-order valence-electron chi connectivity index (χ4n) is 5.91. The minimum Gasteiger partial charge on any atom is -0.508 e. The van der Waals surface area contributed by atoms with Gasteiger partial charge in [0, 0.05) is 44.5 Å². The number of rotatable bonds is 8. The van der Waals surface area contributed by atoms with Gasteiger partial charge in [-0.05, 0) is 77.8 Å². The highest BCUT2D eigenvalue weighted by Gasteiger charge is 2.26. The molecule has 5 rings (SSSR count). The number of anilines is 1. The van der Waals surface area contributed by atoms with Crippen LogP contribution in [0.3, 0.4) is 0 Å². The monoisotopic (exact) mass is 482 g/mol. The predicted molar refractivity (Wildman–Crippen MR) is 149 cm³/mol. The van der Waals surface area contributed by atoms with E-state index in [-0.39, 0.29) is 12.4 Å². The van der Waals surface area contributed by atoms with Gasteiger partial charge in [0.1, 0.15) is 5.75 Å². The molecular formula is C32H38N2O2. The van der Waals surface area contributed by atoms with E-state index in [1.54, 1.807) is 12.1 Å². The zero-order valence-corrected chi connectivity index (χ0v) is 21.1. The van der Waals surface area contributed by atoms with Crippen LogP contribution < -0.4 is 4.90 Å². The van der Waals surface area contributed by atoms with Crippen molar-refractivity contribution in [2.75, 3.05) is 37.7 Å². The molecule has 1 aliphatic heterocycles. The Labute approximate surface area is 215 Å². The average Bonchev–Trinajstić information content (AvgIpc) is 3.48. The molecule has 1 saturated heterocycles. The van der Waals surface area contributed by atoms with Crippen molar-refractivity contribution in [2.45, 2.75) is 44.6 Å². The van der Waals surface area contributed by atoms with Crippen LogP contribution in [0.4, 0.5) is 5.69 Å². The van der Waals surface area contributed by atoms with Gasteiger partial charge in [-0.25, -0.2) is 0 Å². The largest absolute Gasteiger partial charge is 0.508 e. The van der Waals surface area contributed by atoms with E-state index < -0.39 is 0 Å². The van der Waals surface area contributed by atoms with Crippen molar-refractivity contribution in [3.8, 4) is 5.75 Å². The van der Waals surface area contributed by atoms with Crippen molar-refractivity contribution in [1.29, 1.82) is 0 Å². The topological polar surface area (TPSA) is 46.9 Å². The SMILES string of the molecule is OCCCC(=C(c1ccc(O)cc1)c1ccc(N2CCN(C3CCCC3)CC2)cc1)c1ccccc1. The number of aromatic hydroxyl groups is 1. The number of hydrogen-bond acceptors (Lipinski definition) is 4. The highest BCUT2D eigenvalue weighted by Crippen LogP contribution is 2.36. The van der Waals surface area contributed by atoms with Gasteiger partial charge in [-0.15, -0.1) is 0 Å². The number of benzene rings is 3. The lowest BCUT2D eigenvalue weighted by atomic mass is 9.87. The van der Waals surface area contributed by atoms with Crippen LogP contribution in [-0.4, -0.2) is 53.9 Å². The first-order valence-corrected chi connectivity index (χ1v) is 13.5. The maximum Gasteiger partial charge on any atom is 0.115 e. The van der Waals surface area contributed by atoms with E-state index >= 15 is 0 Å². The Hall–Kier alpha value is -3.08. The molecule has 2 fully saturated rings. The molecule has 1 heterocycles. The highest BCUT2D eigenvalue weighted by atomic mass is 16.3. The van der Waals surface area contributed by atoms with Crippen molar-refractivity contribution in [2.24, 2.45) is 0 Å². The van der Waals surface area contributed by atoms with Crippen molar-refractivity contribution in [1.82, 2.24) is 4.90 Å². The minimum absolute atomic E-state index is 0.158. The van der Waals surface area contributed by atoms with Gasteiger partial charge in [0.25, 0.3) is 0 Å². The van der Waals surface area contributed by atoms with Gasteiger partial charge in [0.2, 0.25) is 0 Å². The van der Waals surface area contributed by atoms with Crippen LogP contribution in [0.5, 0.6) is 5.75 Å². The molecule has 36 heavy (non-hydrogen) atoms. The molecule has 0 spiro atoms. The zero-order chi connectivity index (χ0) is 24.7. The molecular weight excluding hydrogens is 444 g/mol. The van der Waals surface area contributed by atoms with Crippen LogP contribution in [0.2, 0.25) is 0 Å². The minimum atomic E-state index is 0.158. The number of nitrogens with zero attached hydrogens (tertiary/aromatic N) is 2. The van der Waals surface area contributed by atoms with Crippen molar-refractivity contribution in [3.63, 3.8) is 0 Å². The van der Waals surface area contributed by atoms with E-state index in [0.717, 1.165) is 55.3 Å². The molecule has 1 saturated carbocycles. The first-order valence-electron chi connectivity index (χ1n) is 13.5. The molecule has 3 aromatic carbocycles. The van der Waals surface area contributed by atoms with Gasteiger partial charge in [0.15, 0.2) is 0 Å². The Kier molecular flexibility index (Phi) is 8.04. The summed E-state index contributed by atoms with van der Waals surface area (Å²) < 4.78 is 0. The average molecular weight is 483 g/mol. The van der Waals surface area contributed by atoms with Gasteiger partial charge in [-0.1, -0.05) is 67.4 Å². The molecule has 2 N–H and O–H groups in total. The van der Waals surface area contributed by atoms with Crippen LogP contribution in [0, 0.1) is 0 Å². The molecule has 188 valence electrons. The number of aliphatic hydroxyl groups excluding tert-OH is 1. The summed E-state index contributed by atoms with van der Waals surface area (Å²) in [6.45, 7) is 4.64. The molecule has 0 bridgehead atoms. The molecule has 0 amide bonds. The third kappa shape index (κ3) is 5.66. The molecule has 4 heteroatoms. The maximum atomic E-state index is 9.92. The molecule has 0 atom stereocenters. The third-order valence-corrected chi connectivity index (χ3v) is 7.84. The quantitative estimate of drug-likeness (QED) is 0.376. The second-order valence-corrected chi connectivity index (χ2v) is 10.1. The van der Waals surface area contributed by atoms with Crippen LogP contribution >= 0.6 is 0 Å². The lowest BCUT2D eigenvalue weighted by Crippen LogP contribution is -2.49. The fourth-order valence-corrected chi connectivity index (χ4v) is 5.91. The van der Waals surface area contributed by atoms with Gasteiger partial charge in [-0.3, -0.25) is 4.90 Å². The second kappa shape index (κ2) is 11.8. The first-order chi connectivity index (χ1) is 17.7. The van der Waals surface area contributed by atoms with E-state index in [4.69, 9.17) is 0 Å². The lowest BCUT2D eigenvalue weighted by Gasteiger charge is -2.39. The Morgan fingerprint density at radius 2 is 1.33 bits per heavy atom. The number of phenols is 1. The van der Waals surface area contributed by atoms with E-state index in [0.29, 0.717) is 6.42 Å². The molecule has 0 aromatic heterocycles. The fraction of sp³-hybridized carbons (Fsp3) is 0.375. The Morgan fingerprint density at radius 1 is 0.722 bits per heavy atom. The maximum absolute atomic E-state index is 9.92. The van der Waals surface area contributed by atoms with Gasteiger partial charge in [0.05, 0.1) is 0 Å². The number of hydrogen-bond donors (Lipinski definition) is 2. The van der Waals surface area contributed by atoms with Crippen molar-refractivity contribution < 1.29 is 10.2 Å². The zero-order valence-electron chi connectivity index (χ0n) is 21.1. The van der Waals surface area contributed by atoms with E-state index in [1.807, 2.05) is 18.2 Å². The second-order valence-electron chi connectivity index (χ2n) is 10.1. The summed E-state index contributed by atoms with van der Waals surface area (Å²) in [4.78, 5) is 5.22. The first kappa shape index (κ1) is 24.6. The molecule has 1 aliphatic carbocycles. The predicted octanol–water partition coefficient (Wildman–Crippen LogP) is 6.19. The van der Waals surface area contributed by atoms with Crippen LogP contribution in [0.1, 0.15) is 55.2 Å². The summed E-state index contributed by atoms with van der Waals surface area (Å²) in [6, 6.07) is 27.7. The van der Waals surface area contributed by atoms with Crippen LogP contribution in [0.25, 0.3) is 11.1 Å². The van der Waals surface area contributed by atoms with E-state index in [1.165, 1.54) is 42.5 Å². The van der Waals surface area contributed by atoms with Gasteiger partial charge < -0.3 is 15.1 Å². The summed E-state index contributed by atoms with van der Waals surface area (Å²) in [5.41, 5.74) is 7.06. The number of allylic oxidation sites excluding steroid dienone is 1. The standard InChI is InChI=1S/C32H38N2O2/c35-24-6-11-31(25-7-2-1-3-8-25)32(27-14-18-30(36)19-15-27)26-12-16-29(17-13-26)34-22-20-33(21-23-34)28-9-4-5-10-28/h1-3,7-8,12-19,28,35-36H,4-6,9-11,20-24H2. The molecule has 4 nitrogen and oxygen atoms in total. The van der Waals surface area contributed by atoms with E-state index in [2.05, 4.69) is 58.3 Å². The summed E-state index contributed by atoms with van der Waals surface area (Å²) in [5.74, 6) is 0.266. The Bertz CT molecular complexity index is 1130. The van der Waals surface area contributed by atoms with Gasteiger partial charge >= 0.3 is 0 Å². The number of phenolic OH excluding ortho intramolecular Hbond substituents is 1. The van der Waals surface area contributed by atoms with Crippen LogP contribution in [-0.2, 0) is 0 Å². The van der Waals surface area contributed by atoms with E-state index in [9.17, 15) is 10.2 Å².